The number of likely N-dealkylation sites (N-methyl/N-ethyl adjacent to an activating group) is 1. The number of carbonyl (C=O) groups is 2. The molecular weight excluding hydrogens is 701 g/mol. The maximum absolute atomic E-state index is 12.6. The van der Waals surface area contributed by atoms with Crippen molar-refractivity contribution in [3.8, 4) is 0 Å². The second-order valence-electron chi connectivity index (χ2n) is 15.3. The van der Waals surface area contributed by atoms with Crippen LogP contribution in [-0.2, 0) is 32.7 Å². The van der Waals surface area contributed by atoms with Gasteiger partial charge in [0.1, 0.15) is 19.8 Å². The van der Waals surface area contributed by atoms with E-state index in [-0.39, 0.29) is 26.1 Å². The molecule has 10 heteroatoms. The Balaban J connectivity index is 4.49. The predicted molar refractivity (Wildman–Crippen MR) is 222 cm³/mol. The minimum Gasteiger partial charge on any atom is -0.756 e. The first-order chi connectivity index (χ1) is 26.0. The number of rotatable bonds is 38. The van der Waals surface area contributed by atoms with E-state index in [1.807, 2.05) is 27.2 Å². The van der Waals surface area contributed by atoms with Gasteiger partial charge in [0.05, 0.1) is 27.7 Å². The average Bonchev–Trinajstić information content (AvgIpc) is 3.12. The fourth-order valence-corrected chi connectivity index (χ4v) is 6.17. The van der Waals surface area contributed by atoms with Crippen LogP contribution in [0.4, 0.5) is 0 Å². The van der Waals surface area contributed by atoms with Gasteiger partial charge in [-0.2, -0.15) is 0 Å². The zero-order chi connectivity index (χ0) is 40.0. The van der Waals surface area contributed by atoms with Gasteiger partial charge < -0.3 is 27.9 Å². The van der Waals surface area contributed by atoms with Crippen LogP contribution in [0, 0.1) is 0 Å². The topological polar surface area (TPSA) is 111 Å². The lowest BCUT2D eigenvalue weighted by molar-refractivity contribution is -0.870. The molecule has 314 valence electrons. The summed E-state index contributed by atoms with van der Waals surface area (Å²) in [5.74, 6) is -0.938. The van der Waals surface area contributed by atoms with Crippen molar-refractivity contribution < 1.29 is 42.1 Å². The number of ether oxygens (including phenoxy) is 2. The molecular formula is C44H80NO8P. The van der Waals surface area contributed by atoms with Gasteiger partial charge in [0.2, 0.25) is 0 Å². The van der Waals surface area contributed by atoms with E-state index in [0.717, 1.165) is 44.9 Å². The quantitative estimate of drug-likeness (QED) is 0.0200. The summed E-state index contributed by atoms with van der Waals surface area (Å²) in [6, 6.07) is 0. The van der Waals surface area contributed by atoms with E-state index < -0.39 is 32.5 Å². The molecule has 0 amide bonds. The first-order valence-electron chi connectivity index (χ1n) is 21.3. The Morgan fingerprint density at radius 3 is 1.61 bits per heavy atom. The predicted octanol–water partition coefficient (Wildman–Crippen LogP) is 11.3. The highest BCUT2D eigenvalue weighted by Gasteiger charge is 2.21. The highest BCUT2D eigenvalue weighted by molar-refractivity contribution is 7.45. The van der Waals surface area contributed by atoms with Crippen LogP contribution >= 0.6 is 7.82 Å². The van der Waals surface area contributed by atoms with Crippen molar-refractivity contribution >= 4 is 19.8 Å². The summed E-state index contributed by atoms with van der Waals surface area (Å²) in [5.41, 5.74) is 0. The van der Waals surface area contributed by atoms with Crippen molar-refractivity contribution in [2.75, 3.05) is 47.5 Å². The molecule has 9 nitrogen and oxygen atoms in total. The van der Waals surface area contributed by atoms with E-state index in [0.29, 0.717) is 23.9 Å². The van der Waals surface area contributed by atoms with E-state index in [1.165, 1.54) is 83.5 Å². The van der Waals surface area contributed by atoms with Crippen LogP contribution in [0.15, 0.2) is 48.6 Å². The first-order valence-corrected chi connectivity index (χ1v) is 22.8. The van der Waals surface area contributed by atoms with Gasteiger partial charge in [0.15, 0.2) is 6.10 Å². The largest absolute Gasteiger partial charge is 0.756 e. The third kappa shape index (κ3) is 39.7. The summed E-state index contributed by atoms with van der Waals surface area (Å²) in [6.45, 7) is 4.10. The molecule has 0 aliphatic carbocycles. The van der Waals surface area contributed by atoms with Crippen LogP contribution < -0.4 is 4.89 Å². The molecule has 0 fully saturated rings. The molecule has 2 atom stereocenters. The summed E-state index contributed by atoms with van der Waals surface area (Å²) in [7, 11) is 1.12. The average molecular weight is 782 g/mol. The molecule has 0 N–H and O–H groups in total. The van der Waals surface area contributed by atoms with Gasteiger partial charge in [-0.25, -0.2) is 0 Å². The Morgan fingerprint density at radius 2 is 1.04 bits per heavy atom. The fraction of sp³-hybridized carbons (Fsp3) is 0.773. The zero-order valence-corrected chi connectivity index (χ0v) is 36.0. The van der Waals surface area contributed by atoms with E-state index in [1.54, 1.807) is 0 Å². The molecule has 0 heterocycles. The van der Waals surface area contributed by atoms with Gasteiger partial charge in [-0.15, -0.1) is 0 Å². The summed E-state index contributed by atoms with van der Waals surface area (Å²) in [4.78, 5) is 37.4. The van der Waals surface area contributed by atoms with Crippen molar-refractivity contribution in [3.05, 3.63) is 48.6 Å². The Bertz CT molecular complexity index is 1070. The number of phosphoric acid groups is 1. The van der Waals surface area contributed by atoms with Crippen molar-refractivity contribution in [1.29, 1.82) is 0 Å². The third-order valence-corrected chi connectivity index (χ3v) is 9.80. The smallest absolute Gasteiger partial charge is 0.306 e. The monoisotopic (exact) mass is 782 g/mol. The maximum atomic E-state index is 12.6. The lowest BCUT2D eigenvalue weighted by Gasteiger charge is -2.28. The van der Waals surface area contributed by atoms with E-state index in [9.17, 15) is 19.0 Å². The normalized spacial score (nSPS) is 14.1. The van der Waals surface area contributed by atoms with Gasteiger partial charge in [0, 0.05) is 12.8 Å². The number of esters is 2. The minimum absolute atomic E-state index is 0.0439. The first kappa shape index (κ1) is 52.0. The van der Waals surface area contributed by atoms with Crippen LogP contribution in [0.3, 0.4) is 0 Å². The number of allylic oxidation sites excluding steroid dienone is 8. The van der Waals surface area contributed by atoms with Crippen LogP contribution in [0.1, 0.15) is 168 Å². The van der Waals surface area contributed by atoms with Crippen LogP contribution in [-0.4, -0.2) is 70.0 Å². The molecule has 0 bridgehead atoms. The van der Waals surface area contributed by atoms with E-state index in [2.05, 4.69) is 56.4 Å². The number of phosphoric ester groups is 1. The molecule has 0 aromatic carbocycles. The molecule has 0 saturated heterocycles. The van der Waals surface area contributed by atoms with E-state index in [4.69, 9.17) is 18.5 Å². The molecule has 0 rings (SSSR count). The zero-order valence-electron chi connectivity index (χ0n) is 35.2. The van der Waals surface area contributed by atoms with Gasteiger partial charge in [-0.05, 0) is 64.2 Å². The van der Waals surface area contributed by atoms with Gasteiger partial charge in [0.25, 0.3) is 7.82 Å². The Hall–Kier alpha value is -2.03. The van der Waals surface area contributed by atoms with Gasteiger partial charge >= 0.3 is 11.9 Å². The van der Waals surface area contributed by atoms with Crippen molar-refractivity contribution in [2.24, 2.45) is 0 Å². The molecule has 0 saturated carbocycles. The number of hydrogen-bond donors (Lipinski definition) is 0. The number of quaternary nitrogens is 1. The van der Waals surface area contributed by atoms with Crippen molar-refractivity contribution in [3.63, 3.8) is 0 Å². The molecule has 0 spiro atoms. The molecule has 0 aromatic heterocycles. The minimum atomic E-state index is -4.64. The summed E-state index contributed by atoms with van der Waals surface area (Å²) in [5, 5.41) is 0. The second-order valence-corrected chi connectivity index (χ2v) is 16.8. The molecule has 1 unspecified atom stereocenters. The second kappa shape index (κ2) is 36.6. The van der Waals surface area contributed by atoms with Gasteiger partial charge in [-0.3, -0.25) is 14.2 Å². The highest BCUT2D eigenvalue weighted by atomic mass is 31.2. The maximum Gasteiger partial charge on any atom is 0.306 e. The number of nitrogens with zero attached hydrogens (tertiary/aromatic N) is 1. The molecule has 0 aliphatic rings. The number of unbranched alkanes of at least 4 members (excludes halogenated alkanes) is 16. The van der Waals surface area contributed by atoms with E-state index >= 15 is 0 Å². The van der Waals surface area contributed by atoms with Crippen LogP contribution in [0.2, 0.25) is 0 Å². The Labute approximate surface area is 331 Å². The SMILES string of the molecule is CCCCC/C=C/C/C=C/C/C=C/CCCCC(=O)O[C@H](COC(=O)CC/C=C/CCCCCCCCCCCCC)COP(=O)([O-])OCC[N+](C)(C)C. The number of carbonyl (C=O) groups excluding carboxylic acids is 2. The number of hydrogen-bond acceptors (Lipinski definition) is 8. The third-order valence-electron chi connectivity index (χ3n) is 8.83. The van der Waals surface area contributed by atoms with Crippen molar-refractivity contribution in [2.45, 2.75) is 174 Å². The standard InChI is InChI=1S/C44H80NO8P/c1-6-8-10-12-14-16-18-20-22-24-26-28-30-32-34-36-43(46)50-40-42(41-52-54(48,49)51-39-38-45(3,4)5)53-44(47)37-35-33-31-29-27-25-23-21-19-17-15-13-11-9-7-2/h15,17,21,23,27,29-30,32,42H,6-14,16,18-20,22,24-26,28,31,33-41H2,1-5H3/b17-15+,23-21+,29-27+,32-30+/t42-/m1/s1. The lowest BCUT2D eigenvalue weighted by atomic mass is 10.1. The van der Waals surface area contributed by atoms with Crippen molar-refractivity contribution in [1.82, 2.24) is 0 Å². The molecule has 0 aliphatic heterocycles. The van der Waals surface area contributed by atoms with Crippen LogP contribution in [0.5, 0.6) is 0 Å². The Morgan fingerprint density at radius 1 is 0.574 bits per heavy atom. The molecule has 0 aromatic rings. The summed E-state index contributed by atoms with van der Waals surface area (Å²) < 4.78 is 33.7. The lowest BCUT2D eigenvalue weighted by Crippen LogP contribution is -2.37. The Kier molecular flexibility index (Phi) is 35.2. The van der Waals surface area contributed by atoms with Gasteiger partial charge in [-0.1, -0.05) is 140 Å². The highest BCUT2D eigenvalue weighted by Crippen LogP contribution is 2.38. The summed E-state index contributed by atoms with van der Waals surface area (Å²) >= 11 is 0. The summed E-state index contributed by atoms with van der Waals surface area (Å²) in [6.07, 6.45) is 41.5. The molecule has 0 radical (unpaired) electrons. The van der Waals surface area contributed by atoms with Crippen LogP contribution in [0.25, 0.3) is 0 Å². The molecule has 54 heavy (non-hydrogen) atoms. The fourth-order valence-electron chi connectivity index (χ4n) is 5.44.